The van der Waals surface area contributed by atoms with Gasteiger partial charge in [0.15, 0.2) is 0 Å². The largest absolute Gasteiger partial charge is 0.497 e. The van der Waals surface area contributed by atoms with Gasteiger partial charge in [-0.25, -0.2) is 0 Å². The molecule has 1 heterocycles. The van der Waals surface area contributed by atoms with Crippen molar-refractivity contribution in [3.8, 4) is 5.75 Å². The molecule has 1 N–H and O–H groups in total. The maximum absolute atomic E-state index is 12.8. The zero-order chi connectivity index (χ0) is 17.1. The molecule has 122 valence electrons. The molecule has 0 aliphatic carbocycles. The maximum Gasteiger partial charge on any atom is 0.303 e. The fourth-order valence-corrected chi connectivity index (χ4v) is 2.73. The lowest BCUT2D eigenvalue weighted by molar-refractivity contribution is -0.136. The first-order chi connectivity index (χ1) is 11.6. The number of aromatic nitrogens is 1. The molecule has 0 unspecified atom stereocenters. The topological polar surface area (TPSA) is 68.5 Å². The lowest BCUT2D eigenvalue weighted by Crippen LogP contribution is -2.10. The van der Waals surface area contributed by atoms with Crippen LogP contribution in [0.5, 0.6) is 5.75 Å². The van der Waals surface area contributed by atoms with Crippen LogP contribution in [0.4, 0.5) is 0 Å². The summed E-state index contributed by atoms with van der Waals surface area (Å²) in [4.78, 5) is 23.7. The van der Waals surface area contributed by atoms with Crippen LogP contribution < -0.4 is 4.74 Å². The van der Waals surface area contributed by atoms with Crippen molar-refractivity contribution in [1.82, 2.24) is 4.57 Å². The minimum atomic E-state index is -0.867. The number of carboxylic acids is 1. The van der Waals surface area contributed by atoms with E-state index in [9.17, 15) is 9.59 Å². The number of methoxy groups -OCH3 is 1. The number of ether oxygens (including phenoxy) is 1. The van der Waals surface area contributed by atoms with Crippen molar-refractivity contribution in [1.29, 1.82) is 0 Å². The minimum Gasteiger partial charge on any atom is -0.497 e. The summed E-state index contributed by atoms with van der Waals surface area (Å²) >= 11 is 0. The molecule has 0 bridgehead atoms. The molecule has 3 rings (SSSR count). The first-order valence-electron chi connectivity index (χ1n) is 7.59. The van der Waals surface area contributed by atoms with Crippen LogP contribution in [0.25, 0.3) is 10.9 Å². The number of aryl methyl sites for hydroxylation is 1. The van der Waals surface area contributed by atoms with Gasteiger partial charge in [0.1, 0.15) is 5.75 Å². The Bertz CT molecular complexity index is 896. The average Bonchev–Trinajstić information content (AvgIpc) is 2.97. The van der Waals surface area contributed by atoms with Gasteiger partial charge in [0.25, 0.3) is 5.91 Å². The SMILES string of the molecule is COc1ccc2c(c1)c(CCC(=O)O)cn2C(=O)c1ccccc1. The van der Waals surface area contributed by atoms with Gasteiger partial charge in [-0.3, -0.25) is 14.2 Å². The molecule has 2 aromatic carbocycles. The van der Waals surface area contributed by atoms with E-state index in [1.165, 1.54) is 0 Å². The van der Waals surface area contributed by atoms with Gasteiger partial charge < -0.3 is 9.84 Å². The minimum absolute atomic E-state index is 0.00977. The number of benzene rings is 2. The summed E-state index contributed by atoms with van der Waals surface area (Å²) in [5.74, 6) is -0.343. The Kier molecular flexibility index (Phi) is 4.33. The van der Waals surface area contributed by atoms with Crippen LogP contribution in [0, 0.1) is 0 Å². The fourth-order valence-electron chi connectivity index (χ4n) is 2.73. The van der Waals surface area contributed by atoms with E-state index in [1.807, 2.05) is 30.3 Å². The highest BCUT2D eigenvalue weighted by Gasteiger charge is 2.16. The molecule has 0 saturated heterocycles. The summed E-state index contributed by atoms with van der Waals surface area (Å²) < 4.78 is 6.82. The zero-order valence-electron chi connectivity index (χ0n) is 13.2. The van der Waals surface area contributed by atoms with E-state index in [4.69, 9.17) is 9.84 Å². The second kappa shape index (κ2) is 6.58. The highest BCUT2D eigenvalue weighted by atomic mass is 16.5. The first-order valence-corrected chi connectivity index (χ1v) is 7.59. The molecule has 0 atom stereocenters. The van der Waals surface area contributed by atoms with Gasteiger partial charge in [-0.1, -0.05) is 18.2 Å². The van der Waals surface area contributed by atoms with Crippen LogP contribution >= 0.6 is 0 Å². The van der Waals surface area contributed by atoms with Gasteiger partial charge in [-0.2, -0.15) is 0 Å². The van der Waals surface area contributed by atoms with Crippen molar-refractivity contribution >= 4 is 22.8 Å². The lowest BCUT2D eigenvalue weighted by atomic mass is 10.1. The second-order valence-electron chi connectivity index (χ2n) is 5.47. The third-order valence-electron chi connectivity index (χ3n) is 3.94. The Labute approximate surface area is 139 Å². The van der Waals surface area contributed by atoms with Gasteiger partial charge in [-0.05, 0) is 42.3 Å². The van der Waals surface area contributed by atoms with E-state index < -0.39 is 5.97 Å². The number of hydrogen-bond acceptors (Lipinski definition) is 3. The van der Waals surface area contributed by atoms with Crippen molar-refractivity contribution in [2.45, 2.75) is 12.8 Å². The number of nitrogens with zero attached hydrogens (tertiary/aromatic N) is 1. The zero-order valence-corrected chi connectivity index (χ0v) is 13.2. The molecule has 0 aliphatic rings. The molecule has 24 heavy (non-hydrogen) atoms. The number of carbonyl (C=O) groups is 2. The molecular weight excluding hydrogens is 306 g/mol. The summed E-state index contributed by atoms with van der Waals surface area (Å²) in [5, 5.41) is 9.78. The Morgan fingerprint density at radius 3 is 2.54 bits per heavy atom. The fraction of sp³-hybridized carbons (Fsp3) is 0.158. The summed E-state index contributed by atoms with van der Waals surface area (Å²) in [6, 6.07) is 14.4. The predicted octanol–water partition coefficient (Wildman–Crippen LogP) is 3.36. The molecule has 0 aliphatic heterocycles. The molecule has 3 aromatic rings. The monoisotopic (exact) mass is 323 g/mol. The Hall–Kier alpha value is -3.08. The average molecular weight is 323 g/mol. The summed E-state index contributed by atoms with van der Waals surface area (Å²) in [7, 11) is 1.57. The van der Waals surface area contributed by atoms with Crippen LogP contribution in [0.2, 0.25) is 0 Å². The van der Waals surface area contributed by atoms with Crippen LogP contribution in [-0.4, -0.2) is 28.7 Å². The smallest absolute Gasteiger partial charge is 0.303 e. The number of aliphatic carboxylic acids is 1. The van der Waals surface area contributed by atoms with Crippen molar-refractivity contribution in [3.05, 3.63) is 65.9 Å². The molecule has 5 heteroatoms. The van der Waals surface area contributed by atoms with Gasteiger partial charge in [0.2, 0.25) is 0 Å². The summed E-state index contributed by atoms with van der Waals surface area (Å²) in [6.45, 7) is 0. The highest BCUT2D eigenvalue weighted by molar-refractivity contribution is 6.03. The van der Waals surface area contributed by atoms with E-state index in [1.54, 1.807) is 36.1 Å². The number of carbonyl (C=O) groups excluding carboxylic acids is 1. The Balaban J connectivity index is 2.10. The third kappa shape index (κ3) is 3.01. The molecule has 0 radical (unpaired) electrons. The second-order valence-corrected chi connectivity index (χ2v) is 5.47. The number of rotatable bonds is 5. The van der Waals surface area contributed by atoms with Crippen LogP contribution in [0.1, 0.15) is 22.3 Å². The van der Waals surface area contributed by atoms with E-state index in [0.717, 1.165) is 16.5 Å². The molecule has 5 nitrogen and oxygen atoms in total. The molecule has 0 saturated carbocycles. The number of hydrogen-bond donors (Lipinski definition) is 1. The van der Waals surface area contributed by atoms with E-state index >= 15 is 0 Å². The standard InChI is InChI=1S/C19H17NO4/c1-24-15-8-9-17-16(11-15)14(7-10-18(21)22)12-20(17)19(23)13-5-3-2-4-6-13/h2-6,8-9,11-12H,7,10H2,1H3,(H,21,22). The van der Waals surface area contributed by atoms with E-state index in [0.29, 0.717) is 17.7 Å². The van der Waals surface area contributed by atoms with Gasteiger partial charge in [-0.15, -0.1) is 0 Å². The number of carboxylic acid groups (broad SMARTS) is 1. The van der Waals surface area contributed by atoms with Gasteiger partial charge in [0.05, 0.1) is 12.6 Å². The third-order valence-corrected chi connectivity index (χ3v) is 3.94. The quantitative estimate of drug-likeness (QED) is 0.782. The van der Waals surface area contributed by atoms with Gasteiger partial charge >= 0.3 is 5.97 Å². The van der Waals surface area contributed by atoms with Crippen molar-refractivity contribution < 1.29 is 19.4 Å². The molecule has 0 fully saturated rings. The molecule has 0 spiro atoms. The Morgan fingerprint density at radius 1 is 1.12 bits per heavy atom. The molecule has 1 aromatic heterocycles. The van der Waals surface area contributed by atoms with Crippen LogP contribution in [-0.2, 0) is 11.2 Å². The van der Waals surface area contributed by atoms with Crippen molar-refractivity contribution in [2.24, 2.45) is 0 Å². The van der Waals surface area contributed by atoms with E-state index in [-0.39, 0.29) is 12.3 Å². The molecular formula is C19H17NO4. The first kappa shape index (κ1) is 15.8. The van der Waals surface area contributed by atoms with Crippen LogP contribution in [0.3, 0.4) is 0 Å². The van der Waals surface area contributed by atoms with Crippen LogP contribution in [0.15, 0.2) is 54.7 Å². The normalized spacial score (nSPS) is 10.7. The van der Waals surface area contributed by atoms with Crippen molar-refractivity contribution in [3.63, 3.8) is 0 Å². The number of fused-ring (bicyclic) bond motifs is 1. The lowest BCUT2D eigenvalue weighted by Gasteiger charge is -2.05. The Morgan fingerprint density at radius 2 is 1.88 bits per heavy atom. The summed E-state index contributed by atoms with van der Waals surface area (Å²) in [6.07, 6.45) is 2.09. The molecule has 0 amide bonds. The maximum atomic E-state index is 12.8. The van der Waals surface area contributed by atoms with Crippen molar-refractivity contribution in [2.75, 3.05) is 7.11 Å². The van der Waals surface area contributed by atoms with E-state index in [2.05, 4.69) is 0 Å². The highest BCUT2D eigenvalue weighted by Crippen LogP contribution is 2.27. The summed E-state index contributed by atoms with van der Waals surface area (Å²) in [5.41, 5.74) is 2.13. The van der Waals surface area contributed by atoms with Gasteiger partial charge in [0, 0.05) is 23.6 Å². The predicted molar refractivity (Wildman–Crippen MR) is 90.6 cm³/mol.